The second-order valence-corrected chi connectivity index (χ2v) is 5.38. The molecule has 0 unspecified atom stereocenters. The van der Waals surface area contributed by atoms with Gasteiger partial charge in [0.1, 0.15) is 5.75 Å². The number of aliphatic carboxylic acids is 1. The summed E-state index contributed by atoms with van der Waals surface area (Å²) >= 11 is 0. The molecule has 2 aliphatic carbocycles. The van der Waals surface area contributed by atoms with Gasteiger partial charge in [0.05, 0.1) is 11.8 Å². The van der Waals surface area contributed by atoms with Crippen molar-refractivity contribution in [2.45, 2.75) is 6.42 Å². The van der Waals surface area contributed by atoms with E-state index in [1.54, 1.807) is 12.1 Å². The number of fused-ring (bicyclic) bond motifs is 2. The van der Waals surface area contributed by atoms with Gasteiger partial charge in [-0.15, -0.1) is 0 Å². The van der Waals surface area contributed by atoms with E-state index in [9.17, 15) is 19.8 Å². The SMILES string of the molecule is O=C(Nc1cccc(O)c1)[C@@H]1[C@H](C(=O)O)[C@H]2C=C[C@H]1C2. The molecule has 20 heavy (non-hydrogen) atoms. The minimum absolute atomic E-state index is 0.00147. The number of aromatic hydroxyl groups is 1. The molecule has 0 aromatic heterocycles. The van der Waals surface area contributed by atoms with Crippen molar-refractivity contribution in [3.8, 4) is 5.75 Å². The lowest BCUT2D eigenvalue weighted by atomic mass is 9.82. The van der Waals surface area contributed by atoms with Crippen LogP contribution in [0.3, 0.4) is 0 Å². The van der Waals surface area contributed by atoms with Crippen molar-refractivity contribution in [1.29, 1.82) is 0 Å². The number of rotatable bonds is 3. The average molecular weight is 273 g/mol. The summed E-state index contributed by atoms with van der Waals surface area (Å²) in [5.41, 5.74) is 0.478. The van der Waals surface area contributed by atoms with Crippen LogP contribution in [0.5, 0.6) is 5.75 Å². The Morgan fingerprint density at radius 3 is 2.50 bits per heavy atom. The monoisotopic (exact) mass is 273 g/mol. The maximum absolute atomic E-state index is 12.3. The number of benzene rings is 1. The van der Waals surface area contributed by atoms with Crippen molar-refractivity contribution >= 4 is 17.6 Å². The number of phenols is 1. The first-order valence-electron chi connectivity index (χ1n) is 6.57. The summed E-state index contributed by atoms with van der Waals surface area (Å²) in [6, 6.07) is 6.24. The molecule has 1 saturated carbocycles. The van der Waals surface area contributed by atoms with Crippen molar-refractivity contribution in [2.24, 2.45) is 23.7 Å². The van der Waals surface area contributed by atoms with Crippen LogP contribution in [-0.4, -0.2) is 22.1 Å². The molecule has 0 radical (unpaired) electrons. The molecule has 2 bridgehead atoms. The van der Waals surface area contributed by atoms with E-state index in [-0.39, 0.29) is 23.5 Å². The van der Waals surface area contributed by atoms with E-state index in [0.717, 1.165) is 6.42 Å². The molecule has 4 atom stereocenters. The molecule has 1 fully saturated rings. The Bertz CT molecular complexity index is 595. The summed E-state index contributed by atoms with van der Waals surface area (Å²) in [6.45, 7) is 0. The Kier molecular flexibility index (Phi) is 2.97. The first kappa shape index (κ1) is 12.7. The molecule has 0 aliphatic heterocycles. The first-order chi connectivity index (χ1) is 9.56. The predicted octanol–water partition coefficient (Wildman–Crippen LogP) is 1.85. The number of carboxylic acid groups (broad SMARTS) is 1. The lowest BCUT2D eigenvalue weighted by Crippen LogP contribution is -2.36. The molecular formula is C15H15NO4. The molecule has 5 nitrogen and oxygen atoms in total. The third-order valence-corrected chi connectivity index (χ3v) is 4.16. The highest BCUT2D eigenvalue weighted by Crippen LogP contribution is 2.48. The van der Waals surface area contributed by atoms with Gasteiger partial charge in [-0.25, -0.2) is 0 Å². The number of carboxylic acids is 1. The zero-order valence-electron chi connectivity index (χ0n) is 10.7. The van der Waals surface area contributed by atoms with Gasteiger partial charge >= 0.3 is 5.97 Å². The van der Waals surface area contributed by atoms with Gasteiger partial charge in [-0.05, 0) is 30.4 Å². The zero-order chi connectivity index (χ0) is 14.3. The van der Waals surface area contributed by atoms with Crippen LogP contribution in [0, 0.1) is 23.7 Å². The zero-order valence-corrected chi connectivity index (χ0v) is 10.7. The molecule has 104 valence electrons. The normalized spacial score (nSPS) is 30.4. The van der Waals surface area contributed by atoms with Crippen LogP contribution >= 0.6 is 0 Å². The fourth-order valence-corrected chi connectivity index (χ4v) is 3.33. The largest absolute Gasteiger partial charge is 0.508 e. The number of phenolic OH excluding ortho intramolecular Hbond substituents is 1. The van der Waals surface area contributed by atoms with Gasteiger partial charge < -0.3 is 15.5 Å². The lowest BCUT2D eigenvalue weighted by Gasteiger charge is -2.23. The number of anilines is 1. The van der Waals surface area contributed by atoms with E-state index in [2.05, 4.69) is 5.32 Å². The fraction of sp³-hybridized carbons (Fsp3) is 0.333. The van der Waals surface area contributed by atoms with Gasteiger partial charge in [0.25, 0.3) is 0 Å². The second kappa shape index (κ2) is 4.67. The minimum atomic E-state index is -0.919. The molecule has 3 rings (SSSR count). The van der Waals surface area contributed by atoms with Crippen LogP contribution in [-0.2, 0) is 9.59 Å². The average Bonchev–Trinajstić information content (AvgIpc) is 2.98. The highest BCUT2D eigenvalue weighted by Gasteiger charge is 2.51. The maximum Gasteiger partial charge on any atom is 0.307 e. The van der Waals surface area contributed by atoms with Crippen LogP contribution in [0.15, 0.2) is 36.4 Å². The van der Waals surface area contributed by atoms with Crippen molar-refractivity contribution in [3.05, 3.63) is 36.4 Å². The molecule has 0 heterocycles. The van der Waals surface area contributed by atoms with Gasteiger partial charge in [-0.2, -0.15) is 0 Å². The highest BCUT2D eigenvalue weighted by atomic mass is 16.4. The predicted molar refractivity (Wildman–Crippen MR) is 72.1 cm³/mol. The van der Waals surface area contributed by atoms with Crippen molar-refractivity contribution in [2.75, 3.05) is 5.32 Å². The highest BCUT2D eigenvalue weighted by molar-refractivity contribution is 5.96. The number of carbonyl (C=O) groups excluding carboxylic acids is 1. The summed E-state index contributed by atoms with van der Waals surface area (Å²) < 4.78 is 0. The Hall–Kier alpha value is -2.30. The van der Waals surface area contributed by atoms with E-state index < -0.39 is 17.8 Å². The molecule has 1 amide bonds. The number of amides is 1. The Morgan fingerprint density at radius 1 is 1.15 bits per heavy atom. The maximum atomic E-state index is 12.3. The molecule has 3 N–H and O–H groups in total. The Balaban J connectivity index is 1.80. The summed E-state index contributed by atoms with van der Waals surface area (Å²) in [7, 11) is 0. The molecule has 0 spiro atoms. The quantitative estimate of drug-likeness (QED) is 0.733. The standard InChI is InChI=1S/C15H15NO4/c17-11-3-1-2-10(7-11)16-14(18)12-8-4-5-9(6-8)13(12)15(19)20/h1-5,7-9,12-13,17H,6H2,(H,16,18)(H,19,20)/t8-,9-,12-,13+/m0/s1. The van der Waals surface area contributed by atoms with Gasteiger partial charge in [0.15, 0.2) is 0 Å². The van der Waals surface area contributed by atoms with Gasteiger partial charge in [0, 0.05) is 11.8 Å². The van der Waals surface area contributed by atoms with Gasteiger partial charge in [0.2, 0.25) is 5.91 Å². The topological polar surface area (TPSA) is 86.6 Å². The minimum Gasteiger partial charge on any atom is -0.508 e. The smallest absolute Gasteiger partial charge is 0.307 e. The first-order valence-corrected chi connectivity index (χ1v) is 6.57. The summed E-state index contributed by atoms with van der Waals surface area (Å²) in [4.78, 5) is 23.7. The van der Waals surface area contributed by atoms with E-state index in [4.69, 9.17) is 0 Å². The third-order valence-electron chi connectivity index (χ3n) is 4.16. The second-order valence-electron chi connectivity index (χ2n) is 5.38. The lowest BCUT2D eigenvalue weighted by molar-refractivity contribution is -0.146. The number of carbonyl (C=O) groups is 2. The van der Waals surface area contributed by atoms with Gasteiger partial charge in [-0.1, -0.05) is 18.2 Å². The van der Waals surface area contributed by atoms with E-state index in [1.807, 2.05) is 12.2 Å². The van der Waals surface area contributed by atoms with Crippen molar-refractivity contribution in [1.82, 2.24) is 0 Å². The molecular weight excluding hydrogens is 258 g/mol. The Morgan fingerprint density at radius 2 is 1.85 bits per heavy atom. The molecule has 1 aromatic rings. The van der Waals surface area contributed by atoms with E-state index >= 15 is 0 Å². The van der Waals surface area contributed by atoms with Crippen LogP contribution in [0.25, 0.3) is 0 Å². The van der Waals surface area contributed by atoms with Gasteiger partial charge in [-0.3, -0.25) is 9.59 Å². The van der Waals surface area contributed by atoms with Crippen LogP contribution < -0.4 is 5.32 Å². The molecule has 1 aromatic carbocycles. The number of nitrogens with one attached hydrogen (secondary N) is 1. The third kappa shape index (κ3) is 2.05. The van der Waals surface area contributed by atoms with Crippen LogP contribution in [0.2, 0.25) is 0 Å². The van der Waals surface area contributed by atoms with Crippen molar-refractivity contribution < 1.29 is 19.8 Å². The summed E-state index contributed by atoms with van der Waals surface area (Å²) in [5.74, 6) is -2.38. The summed E-state index contributed by atoms with van der Waals surface area (Å²) in [5, 5.41) is 21.4. The van der Waals surface area contributed by atoms with E-state index in [0.29, 0.717) is 5.69 Å². The van der Waals surface area contributed by atoms with Crippen molar-refractivity contribution in [3.63, 3.8) is 0 Å². The molecule has 2 aliphatic rings. The van der Waals surface area contributed by atoms with E-state index in [1.165, 1.54) is 12.1 Å². The fourth-order valence-electron chi connectivity index (χ4n) is 3.33. The number of hydrogen-bond donors (Lipinski definition) is 3. The summed E-state index contributed by atoms with van der Waals surface area (Å²) in [6.07, 6.45) is 4.58. The number of hydrogen-bond acceptors (Lipinski definition) is 3. The van der Waals surface area contributed by atoms with Crippen LogP contribution in [0.4, 0.5) is 5.69 Å². The molecule has 0 saturated heterocycles. The van der Waals surface area contributed by atoms with Crippen LogP contribution in [0.1, 0.15) is 6.42 Å². The molecule has 5 heteroatoms. The number of allylic oxidation sites excluding steroid dienone is 2. The Labute approximate surface area is 115 Å².